The fourth-order valence-electron chi connectivity index (χ4n) is 2.94. The van der Waals surface area contributed by atoms with Crippen molar-refractivity contribution in [3.63, 3.8) is 0 Å². The molecule has 152 valence electrons. The van der Waals surface area contributed by atoms with Crippen LogP contribution in [-0.4, -0.2) is 33.2 Å². The van der Waals surface area contributed by atoms with Crippen LogP contribution in [0.3, 0.4) is 0 Å². The van der Waals surface area contributed by atoms with E-state index in [0.717, 1.165) is 24.9 Å². The smallest absolute Gasteiger partial charge is 0.282 e. The number of nitrogens with two attached hydrogens (primary N) is 1. The number of hydrazone groups is 1. The van der Waals surface area contributed by atoms with Crippen LogP contribution in [0.25, 0.3) is 0 Å². The highest BCUT2D eigenvalue weighted by Crippen LogP contribution is 2.11. The molecule has 0 aliphatic rings. The largest absolute Gasteiger partial charge is 0.330 e. The summed E-state index contributed by atoms with van der Waals surface area (Å²) in [6, 6.07) is 9.82. The third kappa shape index (κ3) is 10.1. The van der Waals surface area contributed by atoms with Crippen LogP contribution >= 0.6 is 0 Å². The normalized spacial score (nSPS) is 11.2. The molecule has 0 saturated heterocycles. The Balaban J connectivity index is 1.50. The number of hydrogen-bond acceptors (Lipinski definition) is 7. The molecule has 2 rings (SSSR count). The van der Waals surface area contributed by atoms with Gasteiger partial charge in [-0.15, -0.1) is 20.4 Å². The van der Waals surface area contributed by atoms with Crippen molar-refractivity contribution in [2.45, 2.75) is 70.6 Å². The van der Waals surface area contributed by atoms with Gasteiger partial charge in [-0.1, -0.05) is 81.7 Å². The molecule has 3 N–H and O–H groups in total. The maximum Gasteiger partial charge on any atom is 0.282 e. The number of aromatic nitrogens is 4. The lowest BCUT2D eigenvalue weighted by molar-refractivity contribution is 0.549. The lowest BCUT2D eigenvalue weighted by Crippen LogP contribution is -2.05. The van der Waals surface area contributed by atoms with Gasteiger partial charge in [0.25, 0.3) is 5.95 Å². The van der Waals surface area contributed by atoms with Gasteiger partial charge >= 0.3 is 0 Å². The monoisotopic (exact) mass is 383 g/mol. The van der Waals surface area contributed by atoms with Crippen molar-refractivity contribution in [1.82, 2.24) is 20.4 Å². The summed E-state index contributed by atoms with van der Waals surface area (Å²) in [5.74, 6) is 1.000. The van der Waals surface area contributed by atoms with Gasteiger partial charge in [-0.05, 0) is 24.9 Å². The van der Waals surface area contributed by atoms with Gasteiger partial charge in [0.05, 0.1) is 6.21 Å². The van der Waals surface area contributed by atoms with E-state index in [-0.39, 0.29) is 0 Å². The summed E-state index contributed by atoms with van der Waals surface area (Å²) in [6.45, 7) is 0.830. The molecule has 7 nitrogen and oxygen atoms in total. The van der Waals surface area contributed by atoms with Gasteiger partial charge in [0.15, 0.2) is 5.82 Å². The summed E-state index contributed by atoms with van der Waals surface area (Å²) in [7, 11) is 0. The van der Waals surface area contributed by atoms with Crippen LogP contribution in [0.4, 0.5) is 5.95 Å². The molecule has 0 saturated carbocycles. The first kappa shape index (κ1) is 21.9. The van der Waals surface area contributed by atoms with Gasteiger partial charge in [-0.3, -0.25) is 0 Å². The molecule has 2 aromatic rings. The molecule has 0 unspecified atom stereocenters. The minimum absolute atomic E-state index is 0.308. The van der Waals surface area contributed by atoms with Crippen molar-refractivity contribution in [2.75, 3.05) is 12.0 Å². The van der Waals surface area contributed by atoms with Crippen molar-refractivity contribution in [3.05, 3.63) is 41.7 Å². The Kier molecular flexibility index (Phi) is 11.4. The number of rotatable bonds is 15. The maximum absolute atomic E-state index is 5.50. The molecular weight excluding hydrogens is 350 g/mol. The third-order valence-electron chi connectivity index (χ3n) is 4.55. The van der Waals surface area contributed by atoms with Crippen LogP contribution in [0.15, 0.2) is 35.4 Å². The van der Waals surface area contributed by atoms with Crippen molar-refractivity contribution in [3.8, 4) is 0 Å². The van der Waals surface area contributed by atoms with E-state index in [1.54, 1.807) is 6.21 Å². The number of benzene rings is 1. The molecule has 0 atom stereocenters. The number of nitrogens with zero attached hydrogens (tertiary/aromatic N) is 5. The highest BCUT2D eigenvalue weighted by atomic mass is 15.4. The van der Waals surface area contributed by atoms with E-state index in [2.05, 4.69) is 30.9 Å². The Morgan fingerprint density at radius 2 is 1.32 bits per heavy atom. The molecule has 0 aliphatic carbocycles. The molecule has 0 aliphatic heterocycles. The minimum atomic E-state index is 0.308. The quantitative estimate of drug-likeness (QED) is 0.272. The SMILES string of the molecule is NCCCCCCCCCCCCc1nnc(NN=Cc2ccccc2)nn1. The predicted octanol–water partition coefficient (Wildman–Crippen LogP) is 4.11. The van der Waals surface area contributed by atoms with Crippen molar-refractivity contribution in [2.24, 2.45) is 10.8 Å². The lowest BCUT2D eigenvalue weighted by Gasteiger charge is -2.02. The van der Waals surface area contributed by atoms with Crippen LogP contribution in [0.5, 0.6) is 0 Å². The average Bonchev–Trinajstić information content (AvgIpc) is 2.74. The molecule has 1 aromatic carbocycles. The van der Waals surface area contributed by atoms with E-state index in [0.29, 0.717) is 11.8 Å². The molecule has 7 heteroatoms. The third-order valence-corrected chi connectivity index (χ3v) is 4.55. The van der Waals surface area contributed by atoms with Gasteiger partial charge in [-0.2, -0.15) is 5.10 Å². The number of aryl methyl sites for hydroxylation is 1. The zero-order valence-electron chi connectivity index (χ0n) is 16.8. The highest BCUT2D eigenvalue weighted by Gasteiger charge is 2.01. The minimum Gasteiger partial charge on any atom is -0.330 e. The van der Waals surface area contributed by atoms with Crippen molar-refractivity contribution < 1.29 is 0 Å². The molecule has 1 heterocycles. The standard InChI is InChI=1S/C21H33N7/c22-17-13-8-6-4-2-1-3-5-7-12-16-20-24-27-21(28-25-20)26-23-18-19-14-10-9-11-15-19/h9-11,14-15,18H,1-8,12-13,16-17,22H2,(H,26,27,28). The van der Waals surface area contributed by atoms with Crippen molar-refractivity contribution in [1.29, 1.82) is 0 Å². The van der Waals surface area contributed by atoms with Crippen molar-refractivity contribution >= 4 is 12.2 Å². The zero-order chi connectivity index (χ0) is 19.7. The fourth-order valence-corrected chi connectivity index (χ4v) is 2.94. The van der Waals surface area contributed by atoms with Gasteiger partial charge < -0.3 is 5.73 Å². The summed E-state index contributed by atoms with van der Waals surface area (Å²) in [6.07, 6.45) is 15.2. The average molecular weight is 384 g/mol. The van der Waals surface area contributed by atoms with Crippen LogP contribution in [0, 0.1) is 0 Å². The Morgan fingerprint density at radius 3 is 1.93 bits per heavy atom. The molecule has 0 fully saturated rings. The predicted molar refractivity (Wildman–Crippen MR) is 114 cm³/mol. The van der Waals surface area contributed by atoms with Crippen LogP contribution in [-0.2, 0) is 6.42 Å². The molecule has 0 spiro atoms. The Morgan fingerprint density at radius 1 is 0.750 bits per heavy atom. The van der Waals surface area contributed by atoms with Gasteiger partial charge in [0, 0.05) is 6.42 Å². The van der Waals surface area contributed by atoms with E-state index < -0.39 is 0 Å². The van der Waals surface area contributed by atoms with Crippen LogP contribution < -0.4 is 11.2 Å². The molecule has 1 aromatic heterocycles. The van der Waals surface area contributed by atoms with E-state index in [4.69, 9.17) is 5.73 Å². The summed E-state index contributed by atoms with van der Waals surface area (Å²) in [5, 5.41) is 20.4. The van der Waals surface area contributed by atoms with E-state index in [1.807, 2.05) is 30.3 Å². The van der Waals surface area contributed by atoms with Crippen LogP contribution in [0.1, 0.15) is 75.6 Å². The van der Waals surface area contributed by atoms with Gasteiger partial charge in [0.2, 0.25) is 0 Å². The van der Waals surface area contributed by atoms with E-state index >= 15 is 0 Å². The number of anilines is 1. The second-order valence-corrected chi connectivity index (χ2v) is 6.99. The first-order chi connectivity index (χ1) is 13.9. The number of nitrogens with one attached hydrogen (secondary N) is 1. The summed E-state index contributed by atoms with van der Waals surface area (Å²) < 4.78 is 0. The number of hydrogen-bond donors (Lipinski definition) is 2. The second kappa shape index (κ2) is 14.6. The zero-order valence-corrected chi connectivity index (χ0v) is 16.8. The van der Waals surface area contributed by atoms with E-state index in [9.17, 15) is 0 Å². The lowest BCUT2D eigenvalue weighted by atomic mass is 10.1. The van der Waals surface area contributed by atoms with Gasteiger partial charge in [0.1, 0.15) is 0 Å². The Bertz CT molecular complexity index is 644. The fraction of sp³-hybridized carbons (Fsp3) is 0.571. The summed E-state index contributed by atoms with van der Waals surface area (Å²) in [4.78, 5) is 0. The molecule has 0 bridgehead atoms. The Hall–Kier alpha value is -2.41. The summed E-state index contributed by atoms with van der Waals surface area (Å²) >= 11 is 0. The summed E-state index contributed by atoms with van der Waals surface area (Å²) in [5.41, 5.74) is 9.25. The molecule has 0 radical (unpaired) electrons. The maximum atomic E-state index is 5.50. The number of unbranched alkanes of at least 4 members (excludes halogenated alkanes) is 9. The molecule has 0 amide bonds. The highest BCUT2D eigenvalue weighted by molar-refractivity contribution is 5.79. The first-order valence-electron chi connectivity index (χ1n) is 10.5. The first-order valence-corrected chi connectivity index (χ1v) is 10.5. The topological polar surface area (TPSA) is 102 Å². The van der Waals surface area contributed by atoms with E-state index in [1.165, 1.54) is 57.8 Å². The second-order valence-electron chi connectivity index (χ2n) is 6.99. The Labute approximate surface area is 168 Å². The van der Waals surface area contributed by atoms with Crippen LogP contribution in [0.2, 0.25) is 0 Å². The molecule has 28 heavy (non-hydrogen) atoms. The molecular formula is C21H33N7. The van der Waals surface area contributed by atoms with Gasteiger partial charge in [-0.25, -0.2) is 5.43 Å².